The summed E-state index contributed by atoms with van der Waals surface area (Å²) in [5.74, 6) is 0.0717. The summed E-state index contributed by atoms with van der Waals surface area (Å²) in [5.41, 5.74) is 0.935. The van der Waals surface area contributed by atoms with E-state index in [-0.39, 0.29) is 40.0 Å². The fraction of sp³-hybridized carbons (Fsp3) is 0. The summed E-state index contributed by atoms with van der Waals surface area (Å²) in [6, 6.07) is 16.7. The zero-order chi connectivity index (χ0) is 24.4. The van der Waals surface area contributed by atoms with Gasteiger partial charge < -0.3 is 4.74 Å². The van der Waals surface area contributed by atoms with Crippen molar-refractivity contribution in [3.63, 3.8) is 0 Å². The van der Waals surface area contributed by atoms with E-state index in [2.05, 4.69) is 9.97 Å². The SMILES string of the molecule is N#Cc1nc2n(c1C#N)C(=O)c1cc(Oc3ccc4c(c3)-c3nc(C#N)c(C#N)n3C4=O)ccc1-2. The van der Waals surface area contributed by atoms with Crippen LogP contribution in [0, 0.1) is 45.3 Å². The first-order valence-corrected chi connectivity index (χ1v) is 9.92. The Morgan fingerprint density at radius 1 is 0.629 bits per heavy atom. The fourth-order valence-corrected chi connectivity index (χ4v) is 4.25. The summed E-state index contributed by atoms with van der Waals surface area (Å²) < 4.78 is 8.12. The van der Waals surface area contributed by atoms with Crippen LogP contribution >= 0.6 is 0 Å². The maximum Gasteiger partial charge on any atom is 0.265 e. The molecule has 2 aromatic carbocycles. The molecule has 11 nitrogen and oxygen atoms in total. The second kappa shape index (κ2) is 6.73. The Kier molecular flexibility index (Phi) is 3.77. The van der Waals surface area contributed by atoms with Gasteiger partial charge in [-0.3, -0.25) is 9.59 Å². The summed E-state index contributed by atoms with van der Waals surface area (Å²) in [6.07, 6.45) is 0. The number of imidazole rings is 2. The van der Waals surface area contributed by atoms with E-state index in [1.165, 1.54) is 12.1 Å². The molecule has 0 atom stereocenters. The number of benzene rings is 2. The summed E-state index contributed by atoms with van der Waals surface area (Å²) in [5, 5.41) is 37.1. The van der Waals surface area contributed by atoms with Crippen LogP contribution in [0.15, 0.2) is 36.4 Å². The largest absolute Gasteiger partial charge is 0.457 e. The van der Waals surface area contributed by atoms with Crippen LogP contribution in [-0.4, -0.2) is 30.9 Å². The standard InChI is InChI=1S/C24H6N8O3/c25-7-17-19(9-27)31-21(29-17)13-3-1-12(6-16(13)24(31)34)35-11-2-4-14-15(5-11)22-30-18(8-26)20(10-28)32(22)23(14)33/h1-6H. The van der Waals surface area contributed by atoms with E-state index in [1.54, 1.807) is 24.3 Å². The Morgan fingerprint density at radius 3 is 1.66 bits per heavy atom. The Morgan fingerprint density at radius 2 is 1.11 bits per heavy atom. The number of hydrogen-bond donors (Lipinski definition) is 0. The van der Waals surface area contributed by atoms with Gasteiger partial charge in [-0.2, -0.15) is 21.0 Å². The molecule has 4 heterocycles. The van der Waals surface area contributed by atoms with E-state index in [4.69, 9.17) is 4.74 Å². The van der Waals surface area contributed by atoms with Gasteiger partial charge in [0.15, 0.2) is 34.4 Å². The van der Waals surface area contributed by atoms with Crippen molar-refractivity contribution in [3.8, 4) is 58.6 Å². The van der Waals surface area contributed by atoms with Crippen LogP contribution in [0.1, 0.15) is 43.5 Å². The average molecular weight is 454 g/mol. The molecule has 0 amide bonds. The first kappa shape index (κ1) is 19.6. The molecule has 0 radical (unpaired) electrons. The van der Waals surface area contributed by atoms with Crippen molar-refractivity contribution in [1.29, 1.82) is 21.0 Å². The van der Waals surface area contributed by atoms with Gasteiger partial charge in [-0.25, -0.2) is 19.1 Å². The van der Waals surface area contributed by atoms with E-state index in [0.29, 0.717) is 28.2 Å². The van der Waals surface area contributed by atoms with Crippen molar-refractivity contribution in [1.82, 2.24) is 19.1 Å². The highest BCUT2D eigenvalue weighted by atomic mass is 16.5. The molecule has 4 aromatic rings. The maximum absolute atomic E-state index is 12.9. The van der Waals surface area contributed by atoms with Gasteiger partial charge in [-0.1, -0.05) is 0 Å². The molecule has 35 heavy (non-hydrogen) atoms. The molecule has 0 unspecified atom stereocenters. The number of fused-ring (bicyclic) bond motifs is 6. The third kappa shape index (κ3) is 2.44. The number of carbonyl (C=O) groups is 2. The van der Waals surface area contributed by atoms with Crippen molar-refractivity contribution in [2.75, 3.05) is 0 Å². The van der Waals surface area contributed by atoms with Gasteiger partial charge in [0.2, 0.25) is 0 Å². The number of hydrogen-bond acceptors (Lipinski definition) is 9. The Labute approximate surface area is 195 Å². The van der Waals surface area contributed by atoms with E-state index >= 15 is 0 Å². The summed E-state index contributed by atoms with van der Waals surface area (Å²) in [7, 11) is 0. The number of nitriles is 4. The molecule has 2 aliphatic heterocycles. The topological polar surface area (TPSA) is 174 Å². The molecule has 11 heteroatoms. The minimum absolute atomic E-state index is 0.119. The third-order valence-electron chi connectivity index (χ3n) is 5.75. The summed E-state index contributed by atoms with van der Waals surface area (Å²) in [6.45, 7) is 0. The molecule has 6 rings (SSSR count). The van der Waals surface area contributed by atoms with Gasteiger partial charge in [-0.05, 0) is 36.4 Å². The third-order valence-corrected chi connectivity index (χ3v) is 5.75. The molecule has 0 fully saturated rings. The lowest BCUT2D eigenvalue weighted by Gasteiger charge is -2.08. The molecule has 0 saturated carbocycles. The zero-order valence-electron chi connectivity index (χ0n) is 17.3. The lowest BCUT2D eigenvalue weighted by atomic mass is 10.1. The van der Waals surface area contributed by atoms with Gasteiger partial charge in [0.1, 0.15) is 35.8 Å². The van der Waals surface area contributed by atoms with Crippen LogP contribution in [0.5, 0.6) is 11.5 Å². The predicted molar refractivity (Wildman–Crippen MR) is 114 cm³/mol. The summed E-state index contributed by atoms with van der Waals surface area (Å²) in [4.78, 5) is 33.9. The quantitative estimate of drug-likeness (QED) is 0.381. The van der Waals surface area contributed by atoms with Crippen LogP contribution in [0.3, 0.4) is 0 Å². The predicted octanol–water partition coefficient (Wildman–Crippen LogP) is 2.70. The number of nitrogens with zero attached hydrogens (tertiary/aromatic N) is 8. The van der Waals surface area contributed by atoms with Gasteiger partial charge in [0, 0.05) is 11.1 Å². The van der Waals surface area contributed by atoms with E-state index in [0.717, 1.165) is 9.13 Å². The van der Waals surface area contributed by atoms with E-state index < -0.39 is 11.8 Å². The van der Waals surface area contributed by atoms with Crippen LogP contribution in [-0.2, 0) is 0 Å². The van der Waals surface area contributed by atoms with Crippen LogP contribution in [0.25, 0.3) is 22.8 Å². The van der Waals surface area contributed by atoms with Crippen LogP contribution < -0.4 is 4.74 Å². The van der Waals surface area contributed by atoms with Crippen molar-refractivity contribution >= 4 is 11.8 Å². The van der Waals surface area contributed by atoms with Crippen molar-refractivity contribution in [2.24, 2.45) is 0 Å². The Bertz CT molecular complexity index is 1860. The first-order valence-electron chi connectivity index (χ1n) is 9.92. The van der Waals surface area contributed by atoms with Gasteiger partial charge in [0.05, 0.1) is 11.1 Å². The molecule has 2 aromatic heterocycles. The average Bonchev–Trinajstić information content (AvgIpc) is 3.58. The second-order valence-corrected chi connectivity index (χ2v) is 7.51. The van der Waals surface area contributed by atoms with Gasteiger partial charge in [-0.15, -0.1) is 0 Å². The van der Waals surface area contributed by atoms with Crippen molar-refractivity contribution in [3.05, 3.63) is 70.3 Å². The Hall–Kier alpha value is -6.04. The molecule has 0 saturated heterocycles. The van der Waals surface area contributed by atoms with Crippen LogP contribution in [0.2, 0.25) is 0 Å². The summed E-state index contributed by atoms with van der Waals surface area (Å²) >= 11 is 0. The minimum atomic E-state index is -0.499. The molecular weight excluding hydrogens is 448 g/mol. The van der Waals surface area contributed by atoms with Gasteiger partial charge in [0.25, 0.3) is 11.8 Å². The van der Waals surface area contributed by atoms with Crippen molar-refractivity contribution < 1.29 is 14.3 Å². The minimum Gasteiger partial charge on any atom is -0.457 e. The van der Waals surface area contributed by atoms with Crippen molar-refractivity contribution in [2.45, 2.75) is 0 Å². The number of aromatic nitrogens is 4. The fourth-order valence-electron chi connectivity index (χ4n) is 4.25. The smallest absolute Gasteiger partial charge is 0.265 e. The number of ether oxygens (including phenoxy) is 1. The highest BCUT2D eigenvalue weighted by Crippen LogP contribution is 2.39. The second-order valence-electron chi connectivity index (χ2n) is 7.51. The lowest BCUT2D eigenvalue weighted by molar-refractivity contribution is 0.0960. The highest BCUT2D eigenvalue weighted by Gasteiger charge is 2.35. The molecule has 160 valence electrons. The normalized spacial score (nSPS) is 12.0. The first-order chi connectivity index (χ1) is 17.0. The highest BCUT2D eigenvalue weighted by molar-refractivity contribution is 6.10. The lowest BCUT2D eigenvalue weighted by Crippen LogP contribution is -2.09. The van der Waals surface area contributed by atoms with E-state index in [9.17, 15) is 30.6 Å². The molecule has 0 bridgehead atoms. The Balaban J connectivity index is 1.38. The monoisotopic (exact) mass is 454 g/mol. The van der Waals surface area contributed by atoms with Crippen LogP contribution in [0.4, 0.5) is 0 Å². The number of carbonyl (C=O) groups excluding carboxylic acids is 2. The zero-order valence-corrected chi connectivity index (χ0v) is 17.3. The molecule has 0 aliphatic carbocycles. The van der Waals surface area contributed by atoms with E-state index in [1.807, 2.05) is 24.3 Å². The molecule has 0 N–H and O–H groups in total. The molecule has 2 aliphatic rings. The van der Waals surface area contributed by atoms with Gasteiger partial charge >= 0.3 is 0 Å². The molecular formula is C24H6N8O3. The molecule has 0 spiro atoms. The maximum atomic E-state index is 12.9. The number of rotatable bonds is 2.